The van der Waals surface area contributed by atoms with Crippen LogP contribution in [0.3, 0.4) is 0 Å². The van der Waals surface area contributed by atoms with E-state index in [1.807, 2.05) is 0 Å². The fourth-order valence-corrected chi connectivity index (χ4v) is 3.80. The predicted octanol–water partition coefficient (Wildman–Crippen LogP) is 3.16. The predicted molar refractivity (Wildman–Crippen MR) is 96.4 cm³/mol. The first-order chi connectivity index (χ1) is 10.3. The molecule has 0 amide bonds. The summed E-state index contributed by atoms with van der Waals surface area (Å²) in [6, 6.07) is 0. The van der Waals surface area contributed by atoms with E-state index in [-0.39, 0.29) is 0 Å². The molecule has 0 bridgehead atoms. The standard InChI is InChI=1S/C19H39N3/c1-17(2)6-9-20-10-7-18(8-11-20)16-21-12-14-22(15-13-21)19(3,4)5/h17-18H,6-16H2,1-5H3. The van der Waals surface area contributed by atoms with Crippen molar-refractivity contribution in [1.29, 1.82) is 0 Å². The fourth-order valence-electron chi connectivity index (χ4n) is 3.80. The lowest BCUT2D eigenvalue weighted by molar-refractivity contribution is 0.0477. The zero-order valence-corrected chi connectivity index (χ0v) is 15.8. The number of rotatable bonds is 5. The number of likely N-dealkylation sites (tertiary alicyclic amines) is 1. The van der Waals surface area contributed by atoms with Gasteiger partial charge in [-0.05, 0) is 71.5 Å². The van der Waals surface area contributed by atoms with E-state index in [4.69, 9.17) is 0 Å². The maximum Gasteiger partial charge on any atom is 0.0126 e. The molecule has 0 saturated carbocycles. The van der Waals surface area contributed by atoms with Crippen molar-refractivity contribution >= 4 is 0 Å². The molecule has 2 rings (SSSR count). The van der Waals surface area contributed by atoms with Crippen molar-refractivity contribution in [1.82, 2.24) is 14.7 Å². The van der Waals surface area contributed by atoms with Gasteiger partial charge in [-0.2, -0.15) is 0 Å². The van der Waals surface area contributed by atoms with Crippen LogP contribution in [0.5, 0.6) is 0 Å². The van der Waals surface area contributed by atoms with Crippen LogP contribution >= 0.6 is 0 Å². The zero-order valence-electron chi connectivity index (χ0n) is 15.8. The first kappa shape index (κ1) is 18.2. The maximum atomic E-state index is 2.72. The number of hydrogen-bond donors (Lipinski definition) is 0. The lowest BCUT2D eigenvalue weighted by Crippen LogP contribution is -2.54. The van der Waals surface area contributed by atoms with Crippen LogP contribution in [0.2, 0.25) is 0 Å². The van der Waals surface area contributed by atoms with E-state index in [0.717, 1.165) is 11.8 Å². The lowest BCUT2D eigenvalue weighted by Gasteiger charge is -2.43. The molecular formula is C19H39N3. The molecule has 0 atom stereocenters. The van der Waals surface area contributed by atoms with Crippen molar-refractivity contribution < 1.29 is 0 Å². The van der Waals surface area contributed by atoms with Crippen molar-refractivity contribution in [2.45, 2.75) is 59.4 Å². The van der Waals surface area contributed by atoms with Gasteiger partial charge in [-0.15, -0.1) is 0 Å². The number of hydrogen-bond acceptors (Lipinski definition) is 3. The molecule has 2 aliphatic rings. The van der Waals surface area contributed by atoms with Gasteiger partial charge in [0.1, 0.15) is 0 Å². The molecule has 0 unspecified atom stereocenters. The first-order valence-electron chi connectivity index (χ1n) is 9.54. The summed E-state index contributed by atoms with van der Waals surface area (Å²) >= 11 is 0. The van der Waals surface area contributed by atoms with Crippen molar-refractivity contribution in [3.63, 3.8) is 0 Å². The van der Waals surface area contributed by atoms with Gasteiger partial charge in [-0.3, -0.25) is 4.90 Å². The van der Waals surface area contributed by atoms with Crippen LogP contribution < -0.4 is 0 Å². The SMILES string of the molecule is CC(C)CCN1CCC(CN2CCN(C(C)(C)C)CC2)CC1. The Hall–Kier alpha value is -0.120. The van der Waals surface area contributed by atoms with E-state index in [9.17, 15) is 0 Å². The van der Waals surface area contributed by atoms with Gasteiger partial charge in [-0.25, -0.2) is 0 Å². The minimum absolute atomic E-state index is 0.341. The van der Waals surface area contributed by atoms with Crippen LogP contribution in [-0.2, 0) is 0 Å². The summed E-state index contributed by atoms with van der Waals surface area (Å²) in [6.45, 7) is 22.1. The fraction of sp³-hybridized carbons (Fsp3) is 1.00. The zero-order chi connectivity index (χ0) is 16.2. The van der Waals surface area contributed by atoms with Crippen LogP contribution in [0.15, 0.2) is 0 Å². The van der Waals surface area contributed by atoms with E-state index in [1.54, 1.807) is 0 Å². The average Bonchev–Trinajstić information content (AvgIpc) is 2.46. The molecule has 130 valence electrons. The van der Waals surface area contributed by atoms with E-state index >= 15 is 0 Å². The van der Waals surface area contributed by atoms with E-state index < -0.39 is 0 Å². The Bertz CT molecular complexity index is 305. The third-order valence-corrected chi connectivity index (χ3v) is 5.57. The topological polar surface area (TPSA) is 9.72 Å². The Labute approximate surface area is 139 Å². The third kappa shape index (κ3) is 5.82. The highest BCUT2D eigenvalue weighted by Crippen LogP contribution is 2.21. The summed E-state index contributed by atoms with van der Waals surface area (Å²) in [6.07, 6.45) is 4.19. The van der Waals surface area contributed by atoms with Gasteiger partial charge in [0.15, 0.2) is 0 Å². The molecule has 0 N–H and O–H groups in total. The van der Waals surface area contributed by atoms with Crippen LogP contribution in [0.1, 0.15) is 53.9 Å². The summed E-state index contributed by atoms with van der Waals surface area (Å²) in [5, 5.41) is 0. The Balaban J connectivity index is 1.63. The molecule has 2 fully saturated rings. The quantitative estimate of drug-likeness (QED) is 0.772. The molecule has 2 saturated heterocycles. The molecule has 0 radical (unpaired) electrons. The van der Waals surface area contributed by atoms with Gasteiger partial charge in [0.05, 0.1) is 0 Å². The van der Waals surface area contributed by atoms with Gasteiger partial charge in [0.25, 0.3) is 0 Å². The van der Waals surface area contributed by atoms with E-state index in [1.165, 1.54) is 71.6 Å². The monoisotopic (exact) mass is 309 g/mol. The Morgan fingerprint density at radius 3 is 1.95 bits per heavy atom. The highest BCUT2D eigenvalue weighted by molar-refractivity contribution is 4.83. The van der Waals surface area contributed by atoms with Crippen LogP contribution in [0.4, 0.5) is 0 Å². The van der Waals surface area contributed by atoms with Crippen molar-refractivity contribution in [3.05, 3.63) is 0 Å². The maximum absolute atomic E-state index is 2.72. The summed E-state index contributed by atoms with van der Waals surface area (Å²) in [7, 11) is 0. The average molecular weight is 310 g/mol. The second-order valence-electron chi connectivity index (χ2n) is 8.93. The molecule has 0 spiro atoms. The van der Waals surface area contributed by atoms with Gasteiger partial charge in [0, 0.05) is 38.3 Å². The molecule has 2 heterocycles. The van der Waals surface area contributed by atoms with Crippen LogP contribution in [0.25, 0.3) is 0 Å². The molecule has 0 aromatic rings. The Morgan fingerprint density at radius 1 is 0.864 bits per heavy atom. The molecule has 0 aliphatic carbocycles. The van der Waals surface area contributed by atoms with E-state index in [0.29, 0.717) is 5.54 Å². The highest BCUT2D eigenvalue weighted by Gasteiger charge is 2.27. The highest BCUT2D eigenvalue weighted by atomic mass is 15.3. The molecule has 0 aromatic carbocycles. The van der Waals surface area contributed by atoms with Gasteiger partial charge in [0.2, 0.25) is 0 Å². The summed E-state index contributed by atoms with van der Waals surface area (Å²) < 4.78 is 0. The van der Waals surface area contributed by atoms with E-state index in [2.05, 4.69) is 49.3 Å². The minimum Gasteiger partial charge on any atom is -0.303 e. The normalized spacial score (nSPS) is 24.3. The summed E-state index contributed by atoms with van der Waals surface area (Å²) in [5.74, 6) is 1.79. The minimum atomic E-state index is 0.341. The summed E-state index contributed by atoms with van der Waals surface area (Å²) in [4.78, 5) is 8.04. The Morgan fingerprint density at radius 2 is 1.45 bits per heavy atom. The van der Waals surface area contributed by atoms with Crippen LogP contribution in [-0.4, -0.2) is 72.6 Å². The van der Waals surface area contributed by atoms with Crippen LogP contribution in [0, 0.1) is 11.8 Å². The van der Waals surface area contributed by atoms with Crippen molar-refractivity contribution in [3.8, 4) is 0 Å². The Kier molecular flexibility index (Phi) is 6.73. The molecular weight excluding hydrogens is 270 g/mol. The third-order valence-electron chi connectivity index (χ3n) is 5.57. The van der Waals surface area contributed by atoms with Crippen molar-refractivity contribution in [2.75, 3.05) is 52.4 Å². The number of piperazine rings is 1. The van der Waals surface area contributed by atoms with Gasteiger partial charge in [-0.1, -0.05) is 13.8 Å². The molecule has 0 aromatic heterocycles. The largest absolute Gasteiger partial charge is 0.303 e. The number of piperidine rings is 1. The smallest absolute Gasteiger partial charge is 0.0126 e. The van der Waals surface area contributed by atoms with Crippen molar-refractivity contribution in [2.24, 2.45) is 11.8 Å². The molecule has 22 heavy (non-hydrogen) atoms. The summed E-state index contributed by atoms with van der Waals surface area (Å²) in [5.41, 5.74) is 0.341. The second kappa shape index (κ2) is 8.12. The molecule has 3 nitrogen and oxygen atoms in total. The lowest BCUT2D eigenvalue weighted by atomic mass is 9.95. The second-order valence-corrected chi connectivity index (χ2v) is 8.93. The molecule has 3 heteroatoms. The van der Waals surface area contributed by atoms with Gasteiger partial charge < -0.3 is 9.80 Å². The number of nitrogens with zero attached hydrogens (tertiary/aromatic N) is 3. The van der Waals surface area contributed by atoms with Gasteiger partial charge >= 0.3 is 0 Å². The first-order valence-corrected chi connectivity index (χ1v) is 9.54. The molecule has 2 aliphatic heterocycles.